The summed E-state index contributed by atoms with van der Waals surface area (Å²) in [7, 11) is 0. The fourth-order valence-electron chi connectivity index (χ4n) is 1.32. The zero-order valence-electron chi connectivity index (χ0n) is 10.4. The molecule has 0 aliphatic heterocycles. The molecule has 0 bridgehead atoms. The van der Waals surface area contributed by atoms with Crippen molar-refractivity contribution < 1.29 is 19.8 Å². The minimum absolute atomic E-state index is 0.123. The van der Waals surface area contributed by atoms with Gasteiger partial charge in [-0.1, -0.05) is 6.08 Å². The van der Waals surface area contributed by atoms with Crippen molar-refractivity contribution in [3.63, 3.8) is 0 Å². The fraction of sp³-hybridized carbons (Fsp3) is 0.636. The summed E-state index contributed by atoms with van der Waals surface area (Å²) in [6.45, 7) is 1.95. The molecule has 0 rings (SSSR count). The SMILES string of the molecule is C[C@@H](/C=C/C(=O)O)NC(=O)[C@@H](N)C[C@H](O)CCN. The van der Waals surface area contributed by atoms with Crippen LogP contribution in [0, 0.1) is 0 Å². The van der Waals surface area contributed by atoms with Gasteiger partial charge in [-0.3, -0.25) is 4.79 Å². The molecule has 7 heteroatoms. The van der Waals surface area contributed by atoms with E-state index in [4.69, 9.17) is 16.6 Å². The molecule has 0 aliphatic rings. The van der Waals surface area contributed by atoms with Crippen LogP contribution in [0.3, 0.4) is 0 Å². The molecule has 0 fully saturated rings. The predicted octanol–water partition coefficient (Wildman–Crippen LogP) is -1.44. The van der Waals surface area contributed by atoms with Gasteiger partial charge in [-0.15, -0.1) is 0 Å². The average Bonchev–Trinajstić information content (AvgIpc) is 2.26. The van der Waals surface area contributed by atoms with Crippen LogP contribution in [0.2, 0.25) is 0 Å². The minimum atomic E-state index is -1.08. The van der Waals surface area contributed by atoms with Crippen LogP contribution >= 0.6 is 0 Å². The van der Waals surface area contributed by atoms with Crippen LogP contribution in [0.25, 0.3) is 0 Å². The van der Waals surface area contributed by atoms with Gasteiger partial charge in [0.25, 0.3) is 0 Å². The molecular formula is C11H21N3O4. The maximum Gasteiger partial charge on any atom is 0.328 e. The molecule has 7 N–H and O–H groups in total. The number of carboxylic acid groups (broad SMARTS) is 1. The molecule has 3 atom stereocenters. The van der Waals surface area contributed by atoms with Crippen LogP contribution in [0.4, 0.5) is 0 Å². The van der Waals surface area contributed by atoms with Crippen LogP contribution in [-0.4, -0.2) is 46.8 Å². The number of aliphatic carboxylic acids is 1. The molecule has 0 spiro atoms. The van der Waals surface area contributed by atoms with Gasteiger partial charge in [0.15, 0.2) is 0 Å². The molecular weight excluding hydrogens is 238 g/mol. The molecule has 0 heterocycles. The smallest absolute Gasteiger partial charge is 0.328 e. The van der Waals surface area contributed by atoms with Gasteiger partial charge in [0.05, 0.1) is 12.1 Å². The number of hydrogen-bond donors (Lipinski definition) is 5. The lowest BCUT2D eigenvalue weighted by Gasteiger charge is -2.17. The van der Waals surface area contributed by atoms with Crippen molar-refractivity contribution in [1.29, 1.82) is 0 Å². The third-order valence-electron chi connectivity index (χ3n) is 2.26. The largest absolute Gasteiger partial charge is 0.478 e. The molecule has 0 aromatic heterocycles. The molecule has 0 aliphatic carbocycles. The summed E-state index contributed by atoms with van der Waals surface area (Å²) in [6, 6.07) is -1.28. The Labute approximate surface area is 106 Å². The zero-order chi connectivity index (χ0) is 14.1. The topological polar surface area (TPSA) is 139 Å². The molecule has 7 nitrogen and oxygen atoms in total. The molecule has 0 unspecified atom stereocenters. The van der Waals surface area contributed by atoms with E-state index in [1.165, 1.54) is 6.08 Å². The van der Waals surface area contributed by atoms with Gasteiger partial charge in [0, 0.05) is 12.1 Å². The van der Waals surface area contributed by atoms with E-state index in [0.29, 0.717) is 13.0 Å². The first-order valence-electron chi connectivity index (χ1n) is 5.72. The summed E-state index contributed by atoms with van der Waals surface area (Å²) in [5.74, 6) is -1.52. The van der Waals surface area contributed by atoms with Crippen molar-refractivity contribution in [3.05, 3.63) is 12.2 Å². The standard InChI is InChI=1S/C11H21N3O4/c1-7(2-3-10(16)17)14-11(18)9(13)6-8(15)4-5-12/h2-3,7-9,15H,4-6,12-13H2,1H3,(H,14,18)(H,16,17)/b3-2+/t7-,8+,9-/m0/s1. The van der Waals surface area contributed by atoms with Crippen LogP contribution < -0.4 is 16.8 Å². The average molecular weight is 259 g/mol. The number of rotatable bonds is 8. The quantitative estimate of drug-likeness (QED) is 0.338. The van der Waals surface area contributed by atoms with Crippen molar-refractivity contribution >= 4 is 11.9 Å². The lowest BCUT2D eigenvalue weighted by Crippen LogP contribution is -2.45. The Hall–Kier alpha value is -1.44. The lowest BCUT2D eigenvalue weighted by atomic mass is 10.1. The van der Waals surface area contributed by atoms with Crippen molar-refractivity contribution in [2.45, 2.75) is 38.0 Å². The third-order valence-corrected chi connectivity index (χ3v) is 2.26. The summed E-state index contributed by atoms with van der Waals surface area (Å²) < 4.78 is 0. The first-order chi connectivity index (χ1) is 8.36. The van der Waals surface area contributed by atoms with Gasteiger partial charge < -0.3 is 27.0 Å². The van der Waals surface area contributed by atoms with Crippen LogP contribution in [0.1, 0.15) is 19.8 Å². The minimum Gasteiger partial charge on any atom is -0.478 e. The Kier molecular flexibility index (Phi) is 7.93. The normalized spacial score (nSPS) is 16.2. The Morgan fingerprint density at radius 3 is 2.56 bits per heavy atom. The van der Waals surface area contributed by atoms with Crippen LogP contribution in [0.5, 0.6) is 0 Å². The number of nitrogens with one attached hydrogen (secondary N) is 1. The van der Waals surface area contributed by atoms with E-state index in [9.17, 15) is 14.7 Å². The first-order valence-corrected chi connectivity index (χ1v) is 5.72. The second kappa shape index (κ2) is 8.62. The second-order valence-electron chi connectivity index (χ2n) is 4.07. The summed E-state index contributed by atoms with van der Waals surface area (Å²) >= 11 is 0. The van der Waals surface area contributed by atoms with Gasteiger partial charge >= 0.3 is 5.97 Å². The van der Waals surface area contributed by atoms with E-state index >= 15 is 0 Å². The zero-order valence-corrected chi connectivity index (χ0v) is 10.4. The van der Waals surface area contributed by atoms with Gasteiger partial charge in [-0.25, -0.2) is 4.79 Å². The Bertz CT molecular complexity index is 307. The fourth-order valence-corrected chi connectivity index (χ4v) is 1.32. The number of hydrogen-bond acceptors (Lipinski definition) is 5. The monoisotopic (exact) mass is 259 g/mol. The van der Waals surface area contributed by atoms with Crippen molar-refractivity contribution in [2.75, 3.05) is 6.54 Å². The number of aliphatic hydroxyl groups is 1. The Morgan fingerprint density at radius 1 is 1.44 bits per heavy atom. The first kappa shape index (κ1) is 16.6. The number of carbonyl (C=O) groups is 2. The van der Waals surface area contributed by atoms with Crippen LogP contribution in [-0.2, 0) is 9.59 Å². The Morgan fingerprint density at radius 2 is 2.06 bits per heavy atom. The molecule has 0 aromatic carbocycles. The number of aliphatic hydroxyl groups excluding tert-OH is 1. The van der Waals surface area contributed by atoms with Gasteiger partial charge in [-0.2, -0.15) is 0 Å². The highest BCUT2D eigenvalue weighted by atomic mass is 16.4. The van der Waals surface area contributed by atoms with E-state index in [1.807, 2.05) is 0 Å². The van der Waals surface area contributed by atoms with Crippen LogP contribution in [0.15, 0.2) is 12.2 Å². The van der Waals surface area contributed by atoms with Gasteiger partial charge in [0.2, 0.25) is 5.91 Å². The molecule has 0 aromatic rings. The lowest BCUT2D eigenvalue weighted by molar-refractivity contribution is -0.131. The van der Waals surface area contributed by atoms with Gasteiger partial charge in [0.1, 0.15) is 0 Å². The van der Waals surface area contributed by atoms with E-state index < -0.39 is 30.1 Å². The number of amides is 1. The number of nitrogens with two attached hydrogens (primary N) is 2. The molecule has 1 amide bonds. The van der Waals surface area contributed by atoms with Crippen molar-refractivity contribution in [1.82, 2.24) is 5.32 Å². The number of carboxylic acids is 1. The van der Waals surface area contributed by atoms with E-state index in [1.54, 1.807) is 6.92 Å². The highest BCUT2D eigenvalue weighted by molar-refractivity contribution is 5.82. The third kappa shape index (κ3) is 7.77. The maximum atomic E-state index is 11.6. The highest BCUT2D eigenvalue weighted by Gasteiger charge is 2.18. The van der Waals surface area contributed by atoms with E-state index in [2.05, 4.69) is 5.32 Å². The summed E-state index contributed by atoms with van der Waals surface area (Å²) in [4.78, 5) is 21.8. The summed E-state index contributed by atoms with van der Waals surface area (Å²) in [5, 5.41) is 20.4. The van der Waals surface area contributed by atoms with Crippen molar-refractivity contribution in [2.24, 2.45) is 11.5 Å². The van der Waals surface area contributed by atoms with E-state index in [0.717, 1.165) is 6.08 Å². The van der Waals surface area contributed by atoms with Gasteiger partial charge in [-0.05, 0) is 26.3 Å². The van der Waals surface area contributed by atoms with E-state index in [-0.39, 0.29) is 6.42 Å². The number of carbonyl (C=O) groups excluding carboxylic acids is 1. The molecule has 104 valence electrons. The Balaban J connectivity index is 4.11. The van der Waals surface area contributed by atoms with Crippen molar-refractivity contribution in [3.8, 4) is 0 Å². The molecule has 0 saturated carbocycles. The molecule has 0 radical (unpaired) electrons. The maximum absolute atomic E-state index is 11.6. The molecule has 0 saturated heterocycles. The summed E-state index contributed by atoms with van der Waals surface area (Å²) in [5.41, 5.74) is 10.9. The highest BCUT2D eigenvalue weighted by Crippen LogP contribution is 2.00. The second-order valence-corrected chi connectivity index (χ2v) is 4.07. The predicted molar refractivity (Wildman–Crippen MR) is 66.7 cm³/mol. The summed E-state index contributed by atoms with van der Waals surface area (Å²) in [6.07, 6.45) is 2.08. The molecule has 18 heavy (non-hydrogen) atoms.